The van der Waals surface area contributed by atoms with Crippen molar-refractivity contribution in [3.05, 3.63) is 11.8 Å². The number of hydrogen-bond donors (Lipinski definition) is 0. The van der Waals surface area contributed by atoms with Gasteiger partial charge in [-0.15, -0.1) is 0 Å². The Bertz CT molecular complexity index is 382. The van der Waals surface area contributed by atoms with Gasteiger partial charge in [-0.3, -0.25) is 4.68 Å². The van der Waals surface area contributed by atoms with Crippen molar-refractivity contribution in [1.29, 1.82) is 0 Å². The van der Waals surface area contributed by atoms with E-state index in [0.29, 0.717) is 12.1 Å². The predicted octanol–water partition coefficient (Wildman–Crippen LogP) is 1.14. The van der Waals surface area contributed by atoms with Crippen molar-refractivity contribution < 1.29 is 8.42 Å². The Morgan fingerprint density at radius 1 is 1.67 bits per heavy atom. The highest BCUT2D eigenvalue weighted by Gasteiger charge is 2.18. The number of halogens is 1. The molecule has 0 aliphatic carbocycles. The van der Waals surface area contributed by atoms with Crippen molar-refractivity contribution in [2.75, 3.05) is 0 Å². The molecule has 0 radical (unpaired) electrons. The first-order valence-corrected chi connectivity index (χ1v) is 5.74. The van der Waals surface area contributed by atoms with Crippen LogP contribution in [0, 0.1) is 6.92 Å². The van der Waals surface area contributed by atoms with Gasteiger partial charge in [0.2, 0.25) is 0 Å². The first-order valence-electron chi connectivity index (χ1n) is 3.44. The zero-order valence-corrected chi connectivity index (χ0v) is 8.35. The summed E-state index contributed by atoms with van der Waals surface area (Å²) in [6, 6.07) is 0. The third-order valence-electron chi connectivity index (χ3n) is 1.49. The second-order valence-electron chi connectivity index (χ2n) is 2.39. The van der Waals surface area contributed by atoms with Crippen LogP contribution in [0.2, 0.25) is 0 Å². The summed E-state index contributed by atoms with van der Waals surface area (Å²) in [6.45, 7) is 3.96. The molecule has 1 heterocycles. The molecule has 0 aliphatic heterocycles. The lowest BCUT2D eigenvalue weighted by atomic mass is 10.4. The molecule has 0 bridgehead atoms. The standard InChI is InChI=1S/C6H9ClN2O2S/c1-3-9-6(12(7,10)11)5(2)4-8-9/h4H,3H2,1-2H3. The molecule has 12 heavy (non-hydrogen) atoms. The molecule has 1 rings (SSSR count). The zero-order chi connectivity index (χ0) is 9.35. The average Bonchev–Trinajstić information content (AvgIpc) is 2.29. The first kappa shape index (κ1) is 9.54. The smallest absolute Gasteiger partial charge is 0.253 e. The summed E-state index contributed by atoms with van der Waals surface area (Å²) in [6.07, 6.45) is 1.48. The lowest BCUT2D eigenvalue weighted by molar-refractivity contribution is 0.562. The highest BCUT2D eigenvalue weighted by molar-refractivity contribution is 8.13. The summed E-state index contributed by atoms with van der Waals surface area (Å²) >= 11 is 0. The van der Waals surface area contributed by atoms with Crippen molar-refractivity contribution >= 4 is 19.7 Å². The van der Waals surface area contributed by atoms with Crippen LogP contribution >= 0.6 is 10.7 Å². The van der Waals surface area contributed by atoms with Crippen LogP contribution in [0.15, 0.2) is 11.2 Å². The number of nitrogens with zero attached hydrogens (tertiary/aromatic N) is 2. The Balaban J connectivity index is 3.39. The minimum Gasteiger partial charge on any atom is -0.253 e. The van der Waals surface area contributed by atoms with E-state index in [1.54, 1.807) is 13.8 Å². The summed E-state index contributed by atoms with van der Waals surface area (Å²) in [4.78, 5) is 0. The average molecular weight is 209 g/mol. The molecule has 0 aromatic carbocycles. The third-order valence-corrected chi connectivity index (χ3v) is 2.93. The summed E-state index contributed by atoms with van der Waals surface area (Å²) in [5, 5.41) is 3.94. The van der Waals surface area contributed by atoms with Crippen LogP contribution in [0.3, 0.4) is 0 Å². The van der Waals surface area contributed by atoms with E-state index in [1.807, 2.05) is 0 Å². The summed E-state index contributed by atoms with van der Waals surface area (Å²) in [5.41, 5.74) is 0.576. The Morgan fingerprint density at radius 3 is 2.58 bits per heavy atom. The topological polar surface area (TPSA) is 52.0 Å². The molecule has 1 aromatic rings. The van der Waals surface area contributed by atoms with Crippen molar-refractivity contribution in [2.24, 2.45) is 0 Å². The molecule has 0 unspecified atom stereocenters. The molecule has 68 valence electrons. The van der Waals surface area contributed by atoms with Crippen LogP contribution in [0.25, 0.3) is 0 Å². The molecule has 0 saturated carbocycles. The summed E-state index contributed by atoms with van der Waals surface area (Å²) in [7, 11) is 1.54. The van der Waals surface area contributed by atoms with Crippen molar-refractivity contribution in [1.82, 2.24) is 9.78 Å². The maximum absolute atomic E-state index is 11.0. The third kappa shape index (κ3) is 1.61. The molecule has 0 amide bonds. The Morgan fingerprint density at radius 2 is 2.25 bits per heavy atom. The lowest BCUT2D eigenvalue weighted by Crippen LogP contribution is -2.05. The van der Waals surface area contributed by atoms with Crippen LogP contribution < -0.4 is 0 Å². The molecule has 4 nitrogen and oxygen atoms in total. The van der Waals surface area contributed by atoms with Crippen LogP contribution in [-0.4, -0.2) is 18.2 Å². The van der Waals surface area contributed by atoms with Crippen LogP contribution in [0.1, 0.15) is 12.5 Å². The Labute approximate surface area is 75.6 Å². The van der Waals surface area contributed by atoms with Gasteiger partial charge in [0.05, 0.1) is 6.20 Å². The van der Waals surface area contributed by atoms with E-state index in [9.17, 15) is 8.42 Å². The minimum atomic E-state index is -3.66. The van der Waals surface area contributed by atoms with Crippen molar-refractivity contribution in [3.63, 3.8) is 0 Å². The fourth-order valence-corrected chi connectivity index (χ4v) is 2.48. The van der Waals surface area contributed by atoms with E-state index in [1.165, 1.54) is 10.9 Å². The van der Waals surface area contributed by atoms with E-state index in [-0.39, 0.29) is 5.03 Å². The Hall–Kier alpha value is -0.550. The highest BCUT2D eigenvalue weighted by Crippen LogP contribution is 2.18. The monoisotopic (exact) mass is 208 g/mol. The normalized spacial score (nSPS) is 11.9. The second kappa shape index (κ2) is 3.06. The van der Waals surface area contributed by atoms with Gasteiger partial charge in [0, 0.05) is 22.8 Å². The van der Waals surface area contributed by atoms with Crippen molar-refractivity contribution in [2.45, 2.75) is 25.4 Å². The lowest BCUT2D eigenvalue weighted by Gasteiger charge is -2.00. The van der Waals surface area contributed by atoms with Gasteiger partial charge in [0.25, 0.3) is 9.05 Å². The maximum atomic E-state index is 11.0. The maximum Gasteiger partial charge on any atom is 0.278 e. The van der Waals surface area contributed by atoms with Gasteiger partial charge in [-0.1, -0.05) is 0 Å². The quantitative estimate of drug-likeness (QED) is 0.685. The van der Waals surface area contributed by atoms with Gasteiger partial charge in [0.15, 0.2) is 5.03 Å². The molecule has 0 spiro atoms. The summed E-state index contributed by atoms with van der Waals surface area (Å²) < 4.78 is 23.4. The van der Waals surface area contributed by atoms with E-state index < -0.39 is 9.05 Å². The number of rotatable bonds is 2. The fraction of sp³-hybridized carbons (Fsp3) is 0.500. The van der Waals surface area contributed by atoms with Crippen LogP contribution in [0.5, 0.6) is 0 Å². The Kier molecular flexibility index (Phi) is 2.44. The van der Waals surface area contributed by atoms with E-state index in [2.05, 4.69) is 5.10 Å². The van der Waals surface area contributed by atoms with Gasteiger partial charge >= 0.3 is 0 Å². The van der Waals surface area contributed by atoms with Crippen molar-refractivity contribution in [3.8, 4) is 0 Å². The molecule has 0 saturated heterocycles. The molecular formula is C6H9ClN2O2S. The van der Waals surface area contributed by atoms with Gasteiger partial charge < -0.3 is 0 Å². The largest absolute Gasteiger partial charge is 0.278 e. The van der Waals surface area contributed by atoms with Gasteiger partial charge in [0.1, 0.15) is 0 Å². The van der Waals surface area contributed by atoms with Crippen LogP contribution in [0.4, 0.5) is 0 Å². The van der Waals surface area contributed by atoms with Gasteiger partial charge in [-0.25, -0.2) is 8.42 Å². The minimum absolute atomic E-state index is 0.0895. The SMILES string of the molecule is CCn1ncc(C)c1S(=O)(=O)Cl. The van der Waals surface area contributed by atoms with E-state index >= 15 is 0 Å². The molecule has 0 N–H and O–H groups in total. The molecular weight excluding hydrogens is 200 g/mol. The molecule has 0 atom stereocenters. The molecule has 1 aromatic heterocycles. The zero-order valence-electron chi connectivity index (χ0n) is 6.78. The van der Waals surface area contributed by atoms with Gasteiger partial charge in [-0.2, -0.15) is 5.10 Å². The number of aromatic nitrogens is 2. The molecule has 0 fully saturated rings. The van der Waals surface area contributed by atoms with Crippen LogP contribution in [-0.2, 0) is 15.6 Å². The highest BCUT2D eigenvalue weighted by atomic mass is 35.7. The molecule has 6 heteroatoms. The number of aryl methyl sites for hydroxylation is 2. The second-order valence-corrected chi connectivity index (χ2v) is 4.87. The fourth-order valence-electron chi connectivity index (χ4n) is 1.01. The summed E-state index contributed by atoms with van der Waals surface area (Å²) in [5.74, 6) is 0. The van der Waals surface area contributed by atoms with E-state index in [4.69, 9.17) is 10.7 Å². The van der Waals surface area contributed by atoms with E-state index in [0.717, 1.165) is 0 Å². The molecule has 0 aliphatic rings. The predicted molar refractivity (Wildman–Crippen MR) is 45.7 cm³/mol. The van der Waals surface area contributed by atoms with Gasteiger partial charge in [-0.05, 0) is 13.8 Å². The number of hydrogen-bond acceptors (Lipinski definition) is 3. The first-order chi connectivity index (χ1) is 5.46.